The van der Waals surface area contributed by atoms with Crippen LogP contribution >= 0.6 is 0 Å². The van der Waals surface area contributed by atoms with Crippen molar-refractivity contribution in [3.05, 3.63) is 42.5 Å². The minimum absolute atomic E-state index is 0.0659. The lowest BCUT2D eigenvalue weighted by atomic mass is 10.2. The van der Waals surface area contributed by atoms with Gasteiger partial charge in [0, 0.05) is 19.0 Å². The molecular weight excluding hydrogens is 408 g/mol. The van der Waals surface area contributed by atoms with Crippen molar-refractivity contribution in [3.63, 3.8) is 0 Å². The van der Waals surface area contributed by atoms with E-state index >= 15 is 0 Å². The fourth-order valence-electron chi connectivity index (χ4n) is 3.36. The van der Waals surface area contributed by atoms with Gasteiger partial charge in [-0.15, -0.1) is 0 Å². The first-order valence-corrected chi connectivity index (χ1v) is 11.4. The number of hydrogen-bond acceptors (Lipinski definition) is 6. The maximum absolute atomic E-state index is 13.5. The summed E-state index contributed by atoms with van der Waals surface area (Å²) in [6.45, 7) is 3.29. The highest BCUT2D eigenvalue weighted by molar-refractivity contribution is 7.92. The molecule has 1 N–H and O–H groups in total. The van der Waals surface area contributed by atoms with Crippen molar-refractivity contribution >= 4 is 21.6 Å². The molecule has 0 unspecified atom stereocenters. The van der Waals surface area contributed by atoms with Crippen LogP contribution in [0.2, 0.25) is 0 Å². The predicted octanol–water partition coefficient (Wildman–Crippen LogP) is 2.33. The highest BCUT2D eigenvalue weighted by atomic mass is 32.2. The van der Waals surface area contributed by atoms with Crippen molar-refractivity contribution in [2.75, 3.05) is 30.6 Å². The van der Waals surface area contributed by atoms with E-state index in [9.17, 15) is 13.2 Å². The van der Waals surface area contributed by atoms with Crippen molar-refractivity contribution in [1.29, 1.82) is 0 Å². The van der Waals surface area contributed by atoms with Crippen LogP contribution in [0.15, 0.2) is 47.4 Å². The van der Waals surface area contributed by atoms with Gasteiger partial charge in [-0.3, -0.25) is 9.10 Å². The van der Waals surface area contributed by atoms with Crippen molar-refractivity contribution in [3.8, 4) is 17.2 Å². The van der Waals surface area contributed by atoms with Gasteiger partial charge >= 0.3 is 0 Å². The topological polar surface area (TPSA) is 94.2 Å². The summed E-state index contributed by atoms with van der Waals surface area (Å²) in [6.07, 6.45) is 0.554. The Kier molecular flexibility index (Phi) is 5.72. The fraction of sp³-hybridized carbons (Fsp3) is 0.381. The average molecular weight is 432 g/mol. The van der Waals surface area contributed by atoms with Gasteiger partial charge in [-0.25, -0.2) is 8.42 Å². The molecule has 0 aromatic heterocycles. The Morgan fingerprint density at radius 1 is 1.10 bits per heavy atom. The number of para-hydroxylation sites is 2. The molecule has 2 aromatic carbocycles. The number of rotatable bonds is 5. The lowest BCUT2D eigenvalue weighted by molar-refractivity contribution is -0.127. The van der Waals surface area contributed by atoms with Gasteiger partial charge in [0.2, 0.25) is 0 Å². The number of hydrogen-bond donors (Lipinski definition) is 1. The quantitative estimate of drug-likeness (QED) is 0.779. The number of sulfonamides is 1. The van der Waals surface area contributed by atoms with Crippen LogP contribution in [0, 0.1) is 0 Å². The van der Waals surface area contributed by atoms with Gasteiger partial charge in [0.1, 0.15) is 5.75 Å². The van der Waals surface area contributed by atoms with Crippen LogP contribution in [-0.2, 0) is 14.8 Å². The number of carbonyl (C=O) groups excluding carboxylic acids is 1. The molecule has 30 heavy (non-hydrogen) atoms. The molecule has 0 radical (unpaired) electrons. The molecule has 160 valence electrons. The van der Waals surface area contributed by atoms with Crippen LogP contribution in [-0.4, -0.2) is 46.7 Å². The van der Waals surface area contributed by atoms with E-state index in [2.05, 4.69) is 5.32 Å². The number of nitrogens with one attached hydrogen (secondary N) is 1. The molecule has 1 amide bonds. The Hall–Kier alpha value is -2.94. The Labute approximate surface area is 175 Å². The van der Waals surface area contributed by atoms with Crippen LogP contribution in [0.1, 0.15) is 19.8 Å². The normalized spacial score (nSPS) is 18.0. The molecule has 4 rings (SSSR count). The Morgan fingerprint density at radius 2 is 1.87 bits per heavy atom. The number of anilines is 1. The summed E-state index contributed by atoms with van der Waals surface area (Å²) in [5, 5.41) is 2.77. The second-order valence-corrected chi connectivity index (χ2v) is 8.92. The first-order chi connectivity index (χ1) is 14.5. The highest BCUT2D eigenvalue weighted by Crippen LogP contribution is 2.39. The smallest absolute Gasteiger partial charge is 0.264 e. The van der Waals surface area contributed by atoms with Gasteiger partial charge in [-0.2, -0.15) is 0 Å². The molecule has 8 nitrogen and oxygen atoms in total. The van der Waals surface area contributed by atoms with Gasteiger partial charge < -0.3 is 19.5 Å². The molecular formula is C21H24N2O6S. The van der Waals surface area contributed by atoms with Crippen molar-refractivity contribution in [1.82, 2.24) is 5.32 Å². The minimum Gasteiger partial charge on any atom is -0.490 e. The van der Waals surface area contributed by atoms with E-state index in [-0.39, 0.29) is 17.3 Å². The molecule has 0 spiro atoms. The number of benzene rings is 2. The summed E-state index contributed by atoms with van der Waals surface area (Å²) >= 11 is 0. The molecule has 0 fully saturated rings. The number of fused-ring (bicyclic) bond motifs is 2. The largest absolute Gasteiger partial charge is 0.490 e. The summed E-state index contributed by atoms with van der Waals surface area (Å²) < 4.78 is 45.4. The summed E-state index contributed by atoms with van der Waals surface area (Å²) in [5.74, 6) is 0.918. The predicted molar refractivity (Wildman–Crippen MR) is 111 cm³/mol. The zero-order valence-corrected chi connectivity index (χ0v) is 17.5. The minimum atomic E-state index is -3.97. The second kappa shape index (κ2) is 8.43. The molecule has 0 saturated carbocycles. The second-order valence-electron chi connectivity index (χ2n) is 7.06. The standard InChI is InChI=1S/C21H24N2O6S/c1-2-10-22-21(24)20-14-23(16-6-3-4-7-17(16)29-20)30(25,26)15-8-9-18-19(13-15)28-12-5-11-27-18/h3-4,6-9,13,20H,2,5,10-12,14H2,1H3,(H,22,24)/t20-/m1/s1. The summed E-state index contributed by atoms with van der Waals surface area (Å²) in [5.41, 5.74) is 0.393. The van der Waals surface area contributed by atoms with Crippen LogP contribution in [0.5, 0.6) is 17.2 Å². The average Bonchev–Trinajstić information content (AvgIpc) is 3.01. The molecule has 2 aliphatic heterocycles. The Bertz CT molecular complexity index is 1040. The maximum atomic E-state index is 13.5. The van der Waals surface area contributed by atoms with Gasteiger partial charge in [0.15, 0.2) is 17.6 Å². The van der Waals surface area contributed by atoms with E-state index in [4.69, 9.17) is 14.2 Å². The van der Waals surface area contributed by atoms with Gasteiger partial charge in [-0.1, -0.05) is 19.1 Å². The zero-order chi connectivity index (χ0) is 21.1. The first kappa shape index (κ1) is 20.3. The van der Waals surface area contributed by atoms with Crippen LogP contribution < -0.4 is 23.8 Å². The van der Waals surface area contributed by atoms with E-state index in [1.54, 1.807) is 30.3 Å². The van der Waals surface area contributed by atoms with Crippen molar-refractivity contribution in [2.45, 2.75) is 30.8 Å². The number of nitrogens with zero attached hydrogens (tertiary/aromatic N) is 1. The summed E-state index contributed by atoms with van der Waals surface area (Å²) in [6, 6.07) is 11.4. The Balaban J connectivity index is 1.70. The maximum Gasteiger partial charge on any atom is 0.264 e. The van der Waals surface area contributed by atoms with Gasteiger partial charge in [-0.05, 0) is 30.7 Å². The molecule has 2 heterocycles. The summed E-state index contributed by atoms with van der Waals surface area (Å²) in [7, 11) is -3.97. The molecule has 2 aliphatic rings. The van der Waals surface area contributed by atoms with E-state index in [1.165, 1.54) is 16.4 Å². The first-order valence-electron chi connectivity index (χ1n) is 9.96. The molecule has 9 heteroatoms. The third-order valence-electron chi connectivity index (χ3n) is 4.88. The molecule has 0 aliphatic carbocycles. The SMILES string of the molecule is CCCNC(=O)[C@H]1CN(S(=O)(=O)c2ccc3c(c2)OCCCO3)c2ccccc2O1. The highest BCUT2D eigenvalue weighted by Gasteiger charge is 2.37. The van der Waals surface area contributed by atoms with Crippen molar-refractivity contribution < 1.29 is 27.4 Å². The zero-order valence-electron chi connectivity index (χ0n) is 16.7. The monoisotopic (exact) mass is 432 g/mol. The van der Waals surface area contributed by atoms with Crippen LogP contribution in [0.3, 0.4) is 0 Å². The molecule has 0 saturated heterocycles. The fourth-order valence-corrected chi connectivity index (χ4v) is 4.85. The van der Waals surface area contributed by atoms with Crippen LogP contribution in [0.4, 0.5) is 5.69 Å². The van der Waals surface area contributed by atoms with Crippen LogP contribution in [0.25, 0.3) is 0 Å². The van der Waals surface area contributed by atoms with E-state index in [1.807, 2.05) is 6.92 Å². The van der Waals surface area contributed by atoms with Crippen molar-refractivity contribution in [2.24, 2.45) is 0 Å². The van der Waals surface area contributed by atoms with Gasteiger partial charge in [0.25, 0.3) is 15.9 Å². The van der Waals surface area contributed by atoms with E-state index in [0.717, 1.165) is 12.8 Å². The van der Waals surface area contributed by atoms with E-state index in [0.29, 0.717) is 42.7 Å². The summed E-state index contributed by atoms with van der Waals surface area (Å²) in [4.78, 5) is 12.6. The third kappa shape index (κ3) is 3.89. The lowest BCUT2D eigenvalue weighted by Crippen LogP contribution is -2.50. The molecule has 2 aromatic rings. The Morgan fingerprint density at radius 3 is 2.67 bits per heavy atom. The third-order valence-corrected chi connectivity index (χ3v) is 6.66. The lowest BCUT2D eigenvalue weighted by Gasteiger charge is -2.34. The molecule has 1 atom stereocenters. The van der Waals surface area contributed by atoms with Gasteiger partial charge in [0.05, 0.1) is 30.3 Å². The molecule has 0 bridgehead atoms. The number of ether oxygens (including phenoxy) is 3. The van der Waals surface area contributed by atoms with E-state index < -0.39 is 16.1 Å². The number of carbonyl (C=O) groups is 1. The number of amides is 1.